The first kappa shape index (κ1) is 18.8. The van der Waals surface area contributed by atoms with Gasteiger partial charge < -0.3 is 14.4 Å². The van der Waals surface area contributed by atoms with Gasteiger partial charge in [0.2, 0.25) is 0 Å². The van der Waals surface area contributed by atoms with Crippen molar-refractivity contribution in [2.24, 2.45) is 5.92 Å². The number of amides is 1. The Morgan fingerprint density at radius 1 is 1.30 bits per heavy atom. The maximum atomic E-state index is 13.3. The standard InChI is InChI=1S/C20H27N3O3S/c1-14(2)12-22-6-11-26-16(13-22)17-15-4-3-5-21-19(15)27-18(17)20(24)23-7-9-25-10-8-23/h3-5,14,16H,6-13H2,1-2H3. The molecule has 2 aromatic heterocycles. The maximum Gasteiger partial charge on any atom is 0.264 e. The highest BCUT2D eigenvalue weighted by atomic mass is 32.1. The van der Waals surface area contributed by atoms with Gasteiger partial charge in [-0.1, -0.05) is 19.9 Å². The van der Waals surface area contributed by atoms with E-state index in [1.807, 2.05) is 11.0 Å². The van der Waals surface area contributed by atoms with E-state index in [0.717, 1.165) is 40.3 Å². The Kier molecular flexibility index (Phi) is 5.73. The fraction of sp³-hybridized carbons (Fsp3) is 0.600. The fourth-order valence-electron chi connectivity index (χ4n) is 3.90. The molecular formula is C20H27N3O3S. The highest BCUT2D eigenvalue weighted by Gasteiger charge is 2.32. The van der Waals surface area contributed by atoms with E-state index in [9.17, 15) is 4.79 Å². The van der Waals surface area contributed by atoms with Crippen LogP contribution in [0.25, 0.3) is 10.2 Å². The molecule has 0 aromatic carbocycles. The van der Waals surface area contributed by atoms with Crippen LogP contribution in [0.1, 0.15) is 35.2 Å². The normalized spacial score (nSPS) is 21.9. The summed E-state index contributed by atoms with van der Waals surface area (Å²) in [6.07, 6.45) is 1.70. The number of morpholine rings is 2. The lowest BCUT2D eigenvalue weighted by atomic mass is 10.0. The zero-order chi connectivity index (χ0) is 18.8. The van der Waals surface area contributed by atoms with Gasteiger partial charge in [-0.3, -0.25) is 9.69 Å². The second-order valence-corrected chi connectivity index (χ2v) is 8.62. The number of carbonyl (C=O) groups is 1. The molecule has 146 valence electrons. The Labute approximate surface area is 164 Å². The Bertz CT molecular complexity index is 801. The number of hydrogen-bond acceptors (Lipinski definition) is 6. The minimum absolute atomic E-state index is 0.0842. The molecule has 1 atom stereocenters. The van der Waals surface area contributed by atoms with Crippen LogP contribution in [-0.2, 0) is 9.47 Å². The van der Waals surface area contributed by atoms with Gasteiger partial charge in [-0.15, -0.1) is 11.3 Å². The van der Waals surface area contributed by atoms with Crippen molar-refractivity contribution in [1.29, 1.82) is 0 Å². The van der Waals surface area contributed by atoms with Gasteiger partial charge in [0.15, 0.2) is 0 Å². The summed E-state index contributed by atoms with van der Waals surface area (Å²) in [5.74, 6) is 0.694. The smallest absolute Gasteiger partial charge is 0.264 e. The fourth-order valence-corrected chi connectivity index (χ4v) is 5.06. The van der Waals surface area contributed by atoms with Crippen molar-refractivity contribution in [2.75, 3.05) is 52.5 Å². The zero-order valence-corrected chi connectivity index (χ0v) is 16.8. The van der Waals surface area contributed by atoms with Crippen LogP contribution in [0.3, 0.4) is 0 Å². The van der Waals surface area contributed by atoms with Crippen molar-refractivity contribution in [3.8, 4) is 0 Å². The predicted octanol–water partition coefficient (Wildman–Crippen LogP) is 2.80. The Morgan fingerprint density at radius 3 is 2.89 bits per heavy atom. The summed E-state index contributed by atoms with van der Waals surface area (Å²) >= 11 is 1.49. The number of nitrogens with zero attached hydrogens (tertiary/aromatic N) is 3. The molecule has 2 aliphatic heterocycles. The molecule has 1 unspecified atom stereocenters. The summed E-state index contributed by atoms with van der Waals surface area (Å²) in [6.45, 7) is 10.5. The Hall–Kier alpha value is -1.54. The number of hydrogen-bond donors (Lipinski definition) is 0. The van der Waals surface area contributed by atoms with Crippen LogP contribution in [-0.4, -0.2) is 73.2 Å². The monoisotopic (exact) mass is 389 g/mol. The van der Waals surface area contributed by atoms with Crippen LogP contribution in [0.5, 0.6) is 0 Å². The van der Waals surface area contributed by atoms with Crippen molar-refractivity contribution in [3.05, 3.63) is 28.8 Å². The third-order valence-electron chi connectivity index (χ3n) is 5.09. The number of pyridine rings is 1. The lowest BCUT2D eigenvalue weighted by molar-refractivity contribution is -0.0328. The van der Waals surface area contributed by atoms with E-state index in [2.05, 4.69) is 29.8 Å². The molecule has 0 bridgehead atoms. The van der Waals surface area contributed by atoms with Crippen molar-refractivity contribution in [1.82, 2.24) is 14.8 Å². The Balaban J connectivity index is 1.68. The third kappa shape index (κ3) is 4.01. The molecular weight excluding hydrogens is 362 g/mol. The highest BCUT2D eigenvalue weighted by molar-refractivity contribution is 7.20. The molecule has 6 nitrogen and oxygen atoms in total. The molecule has 2 aliphatic rings. The van der Waals surface area contributed by atoms with E-state index in [1.165, 1.54) is 11.3 Å². The second-order valence-electron chi connectivity index (χ2n) is 7.62. The zero-order valence-electron chi connectivity index (χ0n) is 16.0. The van der Waals surface area contributed by atoms with Crippen molar-refractivity contribution in [3.63, 3.8) is 0 Å². The topological polar surface area (TPSA) is 54.9 Å². The molecule has 0 saturated carbocycles. The minimum atomic E-state index is -0.0876. The Morgan fingerprint density at radius 2 is 2.11 bits per heavy atom. The molecule has 7 heteroatoms. The van der Waals surface area contributed by atoms with Crippen molar-refractivity contribution >= 4 is 27.5 Å². The van der Waals surface area contributed by atoms with Gasteiger partial charge in [0, 0.05) is 49.9 Å². The summed E-state index contributed by atoms with van der Waals surface area (Å²) in [4.78, 5) is 23.8. The van der Waals surface area contributed by atoms with Crippen LogP contribution in [0.2, 0.25) is 0 Å². The largest absolute Gasteiger partial charge is 0.378 e. The summed E-state index contributed by atoms with van der Waals surface area (Å²) in [5, 5.41) is 1.05. The van der Waals surface area contributed by atoms with Gasteiger partial charge in [0.25, 0.3) is 5.91 Å². The number of ether oxygens (including phenoxy) is 2. The van der Waals surface area contributed by atoms with Crippen LogP contribution < -0.4 is 0 Å². The molecule has 0 N–H and O–H groups in total. The van der Waals surface area contributed by atoms with Gasteiger partial charge in [-0.05, 0) is 12.0 Å². The average molecular weight is 390 g/mol. The second kappa shape index (κ2) is 8.22. The number of fused-ring (bicyclic) bond motifs is 1. The van der Waals surface area contributed by atoms with Gasteiger partial charge in [-0.2, -0.15) is 0 Å². The van der Waals surface area contributed by atoms with Crippen LogP contribution in [0.4, 0.5) is 0 Å². The van der Waals surface area contributed by atoms with E-state index in [1.54, 1.807) is 6.20 Å². The number of carbonyl (C=O) groups excluding carboxylic acids is 1. The molecule has 27 heavy (non-hydrogen) atoms. The summed E-state index contributed by atoms with van der Waals surface area (Å²) < 4.78 is 11.6. The summed E-state index contributed by atoms with van der Waals surface area (Å²) in [5.41, 5.74) is 1.02. The van der Waals surface area contributed by atoms with Crippen molar-refractivity contribution < 1.29 is 14.3 Å². The van der Waals surface area contributed by atoms with E-state index in [0.29, 0.717) is 38.8 Å². The maximum absolute atomic E-state index is 13.3. The third-order valence-corrected chi connectivity index (χ3v) is 6.21. The van der Waals surface area contributed by atoms with E-state index < -0.39 is 0 Å². The first-order valence-corrected chi connectivity index (χ1v) is 10.5. The molecule has 2 aromatic rings. The number of aromatic nitrogens is 1. The van der Waals surface area contributed by atoms with E-state index in [4.69, 9.17) is 9.47 Å². The first-order valence-electron chi connectivity index (χ1n) is 9.72. The molecule has 1 amide bonds. The van der Waals surface area contributed by atoms with Crippen LogP contribution in [0, 0.1) is 5.92 Å². The predicted molar refractivity (Wildman–Crippen MR) is 106 cm³/mol. The average Bonchev–Trinajstić information content (AvgIpc) is 3.07. The molecule has 2 fully saturated rings. The quantitative estimate of drug-likeness (QED) is 0.805. The van der Waals surface area contributed by atoms with E-state index in [-0.39, 0.29) is 12.0 Å². The summed E-state index contributed by atoms with van der Waals surface area (Å²) in [7, 11) is 0. The number of thiophene rings is 1. The lowest BCUT2D eigenvalue weighted by Gasteiger charge is -2.34. The van der Waals surface area contributed by atoms with Crippen molar-refractivity contribution in [2.45, 2.75) is 20.0 Å². The lowest BCUT2D eigenvalue weighted by Crippen LogP contribution is -2.42. The molecule has 2 saturated heterocycles. The van der Waals surface area contributed by atoms with Gasteiger partial charge in [0.1, 0.15) is 9.71 Å². The van der Waals surface area contributed by atoms with E-state index >= 15 is 0 Å². The molecule has 4 rings (SSSR count). The summed E-state index contributed by atoms with van der Waals surface area (Å²) in [6, 6.07) is 4.01. The van der Waals surface area contributed by atoms with Gasteiger partial charge >= 0.3 is 0 Å². The highest BCUT2D eigenvalue weighted by Crippen LogP contribution is 2.38. The molecule has 0 aliphatic carbocycles. The molecule has 0 radical (unpaired) electrons. The van der Waals surface area contributed by atoms with Crippen LogP contribution >= 0.6 is 11.3 Å². The molecule has 4 heterocycles. The molecule has 0 spiro atoms. The number of rotatable bonds is 4. The minimum Gasteiger partial charge on any atom is -0.378 e. The van der Waals surface area contributed by atoms with Gasteiger partial charge in [0.05, 0.1) is 25.9 Å². The first-order chi connectivity index (χ1) is 13.1. The van der Waals surface area contributed by atoms with Gasteiger partial charge in [-0.25, -0.2) is 4.98 Å². The van der Waals surface area contributed by atoms with Crippen LogP contribution in [0.15, 0.2) is 18.3 Å². The SMILES string of the molecule is CC(C)CN1CCOC(c2c(C(=O)N3CCOCC3)sc3ncccc23)C1.